The van der Waals surface area contributed by atoms with Crippen LogP contribution in [0.1, 0.15) is 51.8 Å². The van der Waals surface area contributed by atoms with Crippen LogP contribution in [0.4, 0.5) is 22.3 Å². The number of aromatic nitrogens is 1. The van der Waals surface area contributed by atoms with Crippen molar-refractivity contribution in [1.29, 1.82) is 0 Å². The van der Waals surface area contributed by atoms with Crippen LogP contribution in [0.3, 0.4) is 0 Å². The predicted octanol–water partition coefficient (Wildman–Crippen LogP) is 3.02. The van der Waals surface area contributed by atoms with Gasteiger partial charge in [-0.3, -0.25) is 18.7 Å². The van der Waals surface area contributed by atoms with Gasteiger partial charge in [-0.2, -0.15) is 13.4 Å². The van der Waals surface area contributed by atoms with Gasteiger partial charge in [0.05, 0.1) is 16.1 Å². The van der Waals surface area contributed by atoms with Gasteiger partial charge in [0, 0.05) is 36.4 Å². The summed E-state index contributed by atoms with van der Waals surface area (Å²) in [5.41, 5.74) is 2.92. The number of thiazole rings is 1. The van der Waals surface area contributed by atoms with Gasteiger partial charge in [-0.15, -0.1) is 16.8 Å². The van der Waals surface area contributed by atoms with Crippen LogP contribution in [0.25, 0.3) is 6.08 Å². The van der Waals surface area contributed by atoms with Gasteiger partial charge in [-0.25, -0.2) is 0 Å². The van der Waals surface area contributed by atoms with E-state index in [0.717, 1.165) is 54.5 Å². The Labute approximate surface area is 271 Å². The smallest absolute Gasteiger partial charge is 0.402 e. The maximum absolute atomic E-state index is 13.0. The van der Waals surface area contributed by atoms with Crippen LogP contribution in [0.5, 0.6) is 0 Å². The molecule has 42 heavy (non-hydrogen) atoms. The van der Waals surface area contributed by atoms with Gasteiger partial charge in [-0.1, -0.05) is 35.6 Å². The minimum atomic E-state index is -4.67. The van der Waals surface area contributed by atoms with Gasteiger partial charge in [0.15, 0.2) is 11.6 Å². The van der Waals surface area contributed by atoms with Crippen molar-refractivity contribution in [3.05, 3.63) is 77.0 Å². The van der Waals surface area contributed by atoms with Crippen LogP contribution < -0.4 is 39.4 Å². The molecule has 2 aliphatic rings. The number of benzene rings is 2. The molecule has 1 aromatic heterocycles. The maximum atomic E-state index is 13.0. The number of fused-ring (bicyclic) bond motifs is 1. The van der Waals surface area contributed by atoms with Gasteiger partial charge in [0.25, 0.3) is 0 Å². The second-order valence-electron chi connectivity index (χ2n) is 9.24. The van der Waals surface area contributed by atoms with E-state index in [1.807, 2.05) is 24.3 Å². The van der Waals surface area contributed by atoms with Crippen LogP contribution in [0.2, 0.25) is 0 Å². The molecule has 3 aromatic rings. The SMILES string of the molecule is O=S(=O)(O)O.[CH2-]CN(CC)c1ccc(N=Nc2nc(N3CCCCC3)c(C=C3C(=O)c4ccccc4C3=O)s2)cc1.[Na+]. The first kappa shape index (κ1) is 33.7. The Balaban J connectivity index is 0.000000745. The number of rotatable bonds is 7. The molecular weight excluding hydrogens is 589 g/mol. The zero-order valence-corrected chi connectivity index (χ0v) is 27.1. The summed E-state index contributed by atoms with van der Waals surface area (Å²) < 4.78 is 31.6. The molecular formula is C28H30N5NaO6S2. The molecule has 1 fully saturated rings. The van der Waals surface area contributed by atoms with Crippen LogP contribution in [-0.2, 0) is 10.4 Å². The number of piperidine rings is 1. The number of Topliss-reactive ketones (excluding diaryl/α,β-unsaturated/α-hetero) is 2. The number of hydrogen-bond donors (Lipinski definition) is 2. The van der Waals surface area contributed by atoms with Gasteiger partial charge >= 0.3 is 40.0 Å². The molecule has 2 heterocycles. The fourth-order valence-corrected chi connectivity index (χ4v) is 5.47. The monoisotopic (exact) mass is 619 g/mol. The Morgan fingerprint density at radius 1 is 1.00 bits per heavy atom. The van der Waals surface area contributed by atoms with Crippen molar-refractivity contribution >= 4 is 61.7 Å². The molecule has 216 valence electrons. The summed E-state index contributed by atoms with van der Waals surface area (Å²) in [7, 11) is -4.67. The third-order valence-electron chi connectivity index (χ3n) is 6.58. The van der Waals surface area contributed by atoms with Crippen LogP contribution in [0.15, 0.2) is 64.3 Å². The number of nitrogens with zero attached hydrogens (tertiary/aromatic N) is 5. The average Bonchev–Trinajstić information content (AvgIpc) is 3.47. The van der Waals surface area contributed by atoms with E-state index in [9.17, 15) is 9.59 Å². The fraction of sp³-hybridized carbons (Fsp3) is 0.286. The Hall–Kier alpha value is -2.78. The van der Waals surface area contributed by atoms with Crippen molar-refractivity contribution < 1.29 is 56.7 Å². The van der Waals surface area contributed by atoms with Gasteiger partial charge < -0.3 is 16.7 Å². The molecule has 1 saturated heterocycles. The first-order valence-corrected chi connectivity index (χ1v) is 15.2. The van der Waals surface area contributed by atoms with Gasteiger partial charge in [0.2, 0.25) is 5.13 Å². The van der Waals surface area contributed by atoms with Crippen LogP contribution in [-0.4, -0.2) is 60.3 Å². The Kier molecular flexibility index (Phi) is 12.1. The van der Waals surface area contributed by atoms with Crippen molar-refractivity contribution in [1.82, 2.24) is 4.98 Å². The van der Waals surface area contributed by atoms with Crippen molar-refractivity contribution in [2.45, 2.75) is 26.2 Å². The second-order valence-corrected chi connectivity index (χ2v) is 11.1. The molecule has 14 heteroatoms. The summed E-state index contributed by atoms with van der Waals surface area (Å²) in [4.78, 5) is 35.8. The maximum Gasteiger partial charge on any atom is 1.00 e. The van der Waals surface area contributed by atoms with E-state index >= 15 is 0 Å². The Morgan fingerprint density at radius 3 is 2.10 bits per heavy atom. The summed E-state index contributed by atoms with van der Waals surface area (Å²) >= 11 is 1.35. The molecule has 0 spiro atoms. The average molecular weight is 620 g/mol. The van der Waals surface area contributed by atoms with E-state index in [-0.39, 0.29) is 46.7 Å². The first-order chi connectivity index (χ1) is 19.6. The van der Waals surface area contributed by atoms with E-state index < -0.39 is 10.4 Å². The molecule has 1 aliphatic heterocycles. The van der Waals surface area contributed by atoms with E-state index in [4.69, 9.17) is 22.5 Å². The third kappa shape index (κ3) is 8.63. The molecule has 0 bridgehead atoms. The number of allylic oxidation sites excluding steroid dienone is 1. The summed E-state index contributed by atoms with van der Waals surface area (Å²) in [5.74, 6) is 0.294. The number of anilines is 2. The van der Waals surface area contributed by atoms with E-state index in [1.165, 1.54) is 17.8 Å². The van der Waals surface area contributed by atoms with Crippen molar-refractivity contribution in [3.8, 4) is 0 Å². The van der Waals surface area contributed by atoms with Crippen LogP contribution in [0, 0.1) is 6.92 Å². The zero-order chi connectivity index (χ0) is 29.6. The van der Waals surface area contributed by atoms with E-state index in [1.54, 1.807) is 30.3 Å². The molecule has 0 amide bonds. The second kappa shape index (κ2) is 15.1. The van der Waals surface area contributed by atoms with Crippen LogP contribution >= 0.6 is 11.3 Å². The number of azo groups is 1. The van der Waals surface area contributed by atoms with Gasteiger partial charge in [0.1, 0.15) is 5.82 Å². The summed E-state index contributed by atoms with van der Waals surface area (Å²) in [6.07, 6.45) is 5.05. The largest absolute Gasteiger partial charge is 1.00 e. The van der Waals surface area contributed by atoms with Crippen molar-refractivity contribution in [2.75, 3.05) is 36.0 Å². The molecule has 0 unspecified atom stereocenters. The molecule has 1 aliphatic carbocycles. The molecule has 0 atom stereocenters. The van der Waals surface area contributed by atoms with E-state index in [2.05, 4.69) is 33.9 Å². The topological polar surface area (TPSA) is 153 Å². The summed E-state index contributed by atoms with van der Waals surface area (Å²) in [6.45, 7) is 9.42. The number of carbonyl (C=O) groups is 2. The zero-order valence-electron chi connectivity index (χ0n) is 23.4. The quantitative estimate of drug-likeness (QED) is 0.101. The molecule has 11 nitrogen and oxygen atoms in total. The van der Waals surface area contributed by atoms with Crippen molar-refractivity contribution in [3.63, 3.8) is 0 Å². The standard InChI is InChI=1S/C28H28N5O2S.Na.H2O4S/c1-3-32(4-2)20-14-12-19(13-15-20)30-31-28-29-27(33-16-8-5-9-17-33)24(36-28)18-23-25(34)21-10-6-7-11-22(21)26(23)35;;1-5(2,3)4/h6-7,10-15,18H,1,3-5,8-9,16-17H2,2H3;;(H2,1,2,3,4)/q-1;+1;. The summed E-state index contributed by atoms with van der Waals surface area (Å²) in [5, 5.41) is 9.28. The number of ketones is 2. The van der Waals surface area contributed by atoms with Gasteiger partial charge in [-0.05, 0) is 56.5 Å². The fourth-order valence-electron chi connectivity index (χ4n) is 4.62. The number of hydrogen-bond acceptors (Lipinski definition) is 10. The summed E-state index contributed by atoms with van der Waals surface area (Å²) in [6, 6.07) is 14.8. The van der Waals surface area contributed by atoms with Crippen molar-refractivity contribution in [2.24, 2.45) is 10.2 Å². The minimum absolute atomic E-state index is 0. The first-order valence-electron chi connectivity index (χ1n) is 13.0. The molecule has 2 N–H and O–H groups in total. The normalized spacial score (nSPS) is 14.8. The number of carbonyl (C=O) groups excluding carboxylic acids is 2. The molecule has 5 rings (SSSR count). The molecule has 0 saturated carbocycles. The molecule has 2 aromatic carbocycles. The third-order valence-corrected chi connectivity index (χ3v) is 7.45. The Morgan fingerprint density at radius 2 is 1.57 bits per heavy atom. The predicted molar refractivity (Wildman–Crippen MR) is 159 cm³/mol. The molecule has 0 radical (unpaired) electrons. The minimum Gasteiger partial charge on any atom is -0.402 e. The Bertz CT molecular complexity index is 1530. The van der Waals surface area contributed by atoms with E-state index in [0.29, 0.717) is 22.8 Å².